The fourth-order valence-electron chi connectivity index (χ4n) is 6.21. The molecule has 6 aromatic rings. The first-order chi connectivity index (χ1) is 32.8. The van der Waals surface area contributed by atoms with Gasteiger partial charge in [0.2, 0.25) is 0 Å². The maximum atomic E-state index is 11.9. The summed E-state index contributed by atoms with van der Waals surface area (Å²) in [6, 6.07) is 29.0. The van der Waals surface area contributed by atoms with Gasteiger partial charge in [0.1, 0.15) is 34.2 Å². The van der Waals surface area contributed by atoms with Crippen molar-refractivity contribution in [2.45, 2.75) is 41.5 Å². The Bertz CT molecular complexity index is 2620. The Kier molecular flexibility index (Phi) is 21.5. The molecule has 3 heterocycles. The van der Waals surface area contributed by atoms with E-state index in [0.29, 0.717) is 69.7 Å². The SMILES string of the molecule is CCNC(=O)c1cc(-c2ccc(C(C)=O)cc2)cc(C(=O)O)n1.CCNC(=O)c1cc(-c2ccc(C(C)=O)cc2)cc(C(=O)O)n1.CCNC(=O)c1cc(-c2ccc(C(C)=O)cc2)cc(C(=O)O)n1.[Dy]. The molecule has 3 aromatic heterocycles. The van der Waals surface area contributed by atoms with Crippen LogP contribution in [0.25, 0.3) is 33.4 Å². The van der Waals surface area contributed by atoms with Crippen molar-refractivity contribution in [3.05, 3.63) is 160 Å². The van der Waals surface area contributed by atoms with Gasteiger partial charge in [-0.25, -0.2) is 29.3 Å². The van der Waals surface area contributed by atoms with Crippen molar-refractivity contribution in [2.24, 2.45) is 0 Å². The second kappa shape index (κ2) is 26.7. The molecule has 6 rings (SSSR count). The third kappa shape index (κ3) is 15.9. The van der Waals surface area contributed by atoms with Crippen LogP contribution in [0.1, 0.15) is 136 Å². The number of carbonyl (C=O) groups is 9. The predicted octanol–water partition coefficient (Wildman–Crippen LogP) is 7.20. The first kappa shape index (κ1) is 56.5. The van der Waals surface area contributed by atoms with Gasteiger partial charge in [-0.3, -0.25) is 28.8 Å². The largest absolute Gasteiger partial charge is 0.477 e. The maximum Gasteiger partial charge on any atom is 0.354 e. The number of pyridine rings is 3. The van der Waals surface area contributed by atoms with Gasteiger partial charge in [0.05, 0.1) is 0 Å². The van der Waals surface area contributed by atoms with E-state index in [2.05, 4.69) is 30.9 Å². The Labute approximate surface area is 432 Å². The molecule has 70 heavy (non-hydrogen) atoms. The van der Waals surface area contributed by atoms with Crippen molar-refractivity contribution in [1.29, 1.82) is 0 Å². The summed E-state index contributed by atoms with van der Waals surface area (Å²) in [5.41, 5.74) is 4.92. The summed E-state index contributed by atoms with van der Waals surface area (Å²) >= 11 is 0. The van der Waals surface area contributed by atoms with Crippen LogP contribution in [0.15, 0.2) is 109 Å². The maximum absolute atomic E-state index is 11.9. The zero-order chi connectivity index (χ0) is 50.9. The zero-order valence-electron chi connectivity index (χ0n) is 38.7. The van der Waals surface area contributed by atoms with Gasteiger partial charge >= 0.3 is 17.9 Å². The molecule has 3 amide bonds. The average Bonchev–Trinajstić information content (AvgIpc) is 3.34. The van der Waals surface area contributed by atoms with E-state index in [1.54, 1.807) is 93.6 Å². The number of ketones is 3. The Balaban J connectivity index is 0.000000276. The van der Waals surface area contributed by atoms with E-state index in [1.807, 2.05) is 0 Å². The number of hydrogen-bond donors (Lipinski definition) is 6. The molecule has 3 aromatic carbocycles. The summed E-state index contributed by atoms with van der Waals surface area (Å²) in [6.07, 6.45) is 0. The van der Waals surface area contributed by atoms with Crippen LogP contribution in [-0.2, 0) is 0 Å². The Morgan fingerprint density at radius 3 is 0.729 bits per heavy atom. The van der Waals surface area contributed by atoms with Crippen LogP contribution in [0.2, 0.25) is 0 Å². The number of carboxylic acid groups (broad SMARTS) is 3. The molecule has 0 atom stereocenters. The summed E-state index contributed by atoms with van der Waals surface area (Å²) < 4.78 is 0. The van der Waals surface area contributed by atoms with Crippen LogP contribution in [0.5, 0.6) is 0 Å². The minimum absolute atomic E-state index is 0. The van der Waals surface area contributed by atoms with Crippen LogP contribution < -0.4 is 16.0 Å². The smallest absolute Gasteiger partial charge is 0.354 e. The minimum atomic E-state index is -1.21. The summed E-state index contributed by atoms with van der Waals surface area (Å²) in [7, 11) is 0. The molecule has 0 aliphatic rings. The van der Waals surface area contributed by atoms with Gasteiger partial charge in [-0.1, -0.05) is 72.8 Å². The van der Waals surface area contributed by atoms with Gasteiger partial charge in [0.15, 0.2) is 17.3 Å². The zero-order valence-corrected chi connectivity index (χ0v) is 40.7. The molecular formula is C51H48DyN6O12. The molecule has 0 spiro atoms. The average molecular weight is 1100 g/mol. The number of nitrogens with one attached hydrogen (secondary N) is 3. The number of nitrogens with zero attached hydrogens (tertiary/aromatic N) is 3. The van der Waals surface area contributed by atoms with Crippen LogP contribution in [0, 0.1) is 38.2 Å². The monoisotopic (exact) mass is 1100 g/mol. The van der Waals surface area contributed by atoms with Gasteiger partial charge in [-0.15, -0.1) is 0 Å². The Hall–Kier alpha value is -7.79. The van der Waals surface area contributed by atoms with Crippen LogP contribution in [-0.4, -0.2) is 103 Å². The fraction of sp³-hybridized carbons (Fsp3) is 0.176. The standard InChI is InChI=1S/3C17H16N2O4.Dy/c3*1-3-18-16(21)14-8-13(9-15(19-14)17(22)23)12-6-4-11(5-7-12)10(2)20;/h3*4-9H,3H2,1-2H3,(H,18,21)(H,22,23);. The van der Waals surface area contributed by atoms with Crippen molar-refractivity contribution in [1.82, 2.24) is 30.9 Å². The molecule has 0 unspecified atom stereocenters. The fourth-order valence-corrected chi connectivity index (χ4v) is 6.21. The number of rotatable bonds is 15. The first-order valence-corrected chi connectivity index (χ1v) is 21.2. The van der Waals surface area contributed by atoms with Crippen LogP contribution in [0.3, 0.4) is 0 Å². The molecule has 6 N–H and O–H groups in total. The molecule has 0 aliphatic carbocycles. The van der Waals surface area contributed by atoms with E-state index >= 15 is 0 Å². The molecule has 0 saturated heterocycles. The summed E-state index contributed by atoms with van der Waals surface area (Å²) in [5.74, 6) is -5.10. The predicted molar refractivity (Wildman–Crippen MR) is 254 cm³/mol. The number of aromatic carboxylic acids is 3. The van der Waals surface area contributed by atoms with E-state index in [-0.39, 0.29) is 89.7 Å². The molecule has 0 fully saturated rings. The summed E-state index contributed by atoms with van der Waals surface area (Å²) in [4.78, 5) is 115. The Morgan fingerprint density at radius 2 is 0.557 bits per heavy atom. The van der Waals surface area contributed by atoms with Gasteiger partial charge in [-0.05, 0) is 111 Å². The second-order valence-electron chi connectivity index (χ2n) is 14.8. The normalized spacial score (nSPS) is 10.0. The van der Waals surface area contributed by atoms with Crippen LogP contribution >= 0.6 is 0 Å². The molecule has 0 radical (unpaired) electrons. The number of Topliss-reactive ketones (excluding diaryl/α,β-unsaturated/α-hetero) is 3. The van der Waals surface area contributed by atoms with Gasteiger partial charge in [0, 0.05) is 74.5 Å². The molecule has 0 saturated carbocycles. The minimum Gasteiger partial charge on any atom is -0.477 e. The third-order valence-corrected chi connectivity index (χ3v) is 9.72. The van der Waals surface area contributed by atoms with Crippen molar-refractivity contribution in [3.63, 3.8) is 0 Å². The molecule has 19 heteroatoms. The topological polar surface area (TPSA) is 289 Å². The first-order valence-electron chi connectivity index (χ1n) is 21.2. The molecule has 18 nitrogen and oxygen atoms in total. The van der Waals surface area contributed by atoms with Crippen LogP contribution in [0.4, 0.5) is 0 Å². The quantitative estimate of drug-likeness (QED) is 0.0555. The Morgan fingerprint density at radius 1 is 0.357 bits per heavy atom. The number of aromatic nitrogens is 3. The van der Waals surface area contributed by atoms with E-state index < -0.39 is 35.6 Å². The molecule has 0 bridgehead atoms. The van der Waals surface area contributed by atoms with Crippen molar-refractivity contribution >= 4 is 53.0 Å². The molecular weight excluding hydrogens is 1050 g/mol. The van der Waals surface area contributed by atoms with E-state index in [9.17, 15) is 58.5 Å². The van der Waals surface area contributed by atoms with E-state index in [1.165, 1.54) is 57.2 Å². The van der Waals surface area contributed by atoms with Crippen molar-refractivity contribution in [2.75, 3.05) is 19.6 Å². The van der Waals surface area contributed by atoms with Crippen molar-refractivity contribution in [3.8, 4) is 33.4 Å². The van der Waals surface area contributed by atoms with E-state index in [0.717, 1.165) is 0 Å². The number of benzene rings is 3. The summed E-state index contributed by atoms with van der Waals surface area (Å²) in [5, 5.41) is 35.3. The second-order valence-corrected chi connectivity index (χ2v) is 14.8. The van der Waals surface area contributed by atoms with E-state index in [4.69, 9.17) is 0 Å². The van der Waals surface area contributed by atoms with Crippen molar-refractivity contribution < 1.29 is 96.6 Å². The number of carbonyl (C=O) groups excluding carboxylic acids is 6. The number of hydrogen-bond acceptors (Lipinski definition) is 12. The van der Waals surface area contributed by atoms with Gasteiger partial charge < -0.3 is 31.3 Å². The summed E-state index contributed by atoms with van der Waals surface area (Å²) in [6.45, 7) is 11.0. The molecule has 0 aliphatic heterocycles. The molecule has 364 valence electrons. The third-order valence-electron chi connectivity index (χ3n) is 9.72. The van der Waals surface area contributed by atoms with Gasteiger partial charge in [-0.2, -0.15) is 0 Å². The number of amides is 3. The van der Waals surface area contributed by atoms with Gasteiger partial charge in [0.25, 0.3) is 17.7 Å². The number of carboxylic acids is 3.